The zero-order valence-corrected chi connectivity index (χ0v) is 32.0. The molecule has 0 N–H and O–H groups in total. The van der Waals surface area contributed by atoms with Crippen LogP contribution in [0.3, 0.4) is 0 Å². The van der Waals surface area contributed by atoms with E-state index in [2.05, 4.69) is 203 Å². The molecular formula is C55H39N3. The Kier molecular flexibility index (Phi) is 7.49. The third-order valence-corrected chi connectivity index (χ3v) is 12.6. The smallest absolute Gasteiger partial charge is 0.220 e. The van der Waals surface area contributed by atoms with Gasteiger partial charge >= 0.3 is 0 Å². The molecule has 0 spiro atoms. The average molecular weight is 742 g/mol. The van der Waals surface area contributed by atoms with Crippen LogP contribution in [0.2, 0.25) is 0 Å². The van der Waals surface area contributed by atoms with Crippen molar-refractivity contribution in [3.05, 3.63) is 211 Å². The maximum Gasteiger partial charge on any atom is 0.220 e. The van der Waals surface area contributed by atoms with E-state index in [1.807, 2.05) is 0 Å². The highest BCUT2D eigenvalue weighted by Gasteiger charge is 2.32. The van der Waals surface area contributed by atoms with E-state index < -0.39 is 0 Å². The Morgan fingerprint density at radius 3 is 1.81 bits per heavy atom. The van der Waals surface area contributed by atoms with Crippen molar-refractivity contribution in [1.29, 1.82) is 0 Å². The van der Waals surface area contributed by atoms with Gasteiger partial charge in [-0.25, -0.2) is 4.98 Å². The van der Waals surface area contributed by atoms with Crippen molar-refractivity contribution in [3.8, 4) is 39.2 Å². The fourth-order valence-corrected chi connectivity index (χ4v) is 9.86. The summed E-state index contributed by atoms with van der Waals surface area (Å²) in [6.45, 7) is 0. The monoisotopic (exact) mass is 741 g/mol. The van der Waals surface area contributed by atoms with Crippen molar-refractivity contribution in [1.82, 2.24) is 14.0 Å². The van der Waals surface area contributed by atoms with Crippen LogP contribution in [0.15, 0.2) is 194 Å². The molecule has 1 aliphatic rings. The second kappa shape index (κ2) is 13.2. The minimum absolute atomic E-state index is 0.332. The molecule has 0 amide bonds. The third kappa shape index (κ3) is 5.17. The molecule has 0 saturated heterocycles. The van der Waals surface area contributed by atoms with Gasteiger partial charge < -0.3 is 0 Å². The predicted molar refractivity (Wildman–Crippen MR) is 242 cm³/mol. The quantitative estimate of drug-likeness (QED) is 0.156. The van der Waals surface area contributed by atoms with E-state index in [0.717, 1.165) is 36.2 Å². The summed E-state index contributed by atoms with van der Waals surface area (Å²) in [5.74, 6) is 1.30. The van der Waals surface area contributed by atoms with Gasteiger partial charge in [0.25, 0.3) is 0 Å². The van der Waals surface area contributed by atoms with Crippen molar-refractivity contribution < 1.29 is 0 Å². The summed E-state index contributed by atoms with van der Waals surface area (Å²) in [6.07, 6.45) is 3.09. The summed E-state index contributed by atoms with van der Waals surface area (Å²) >= 11 is 0. The number of para-hydroxylation sites is 2. The zero-order valence-electron chi connectivity index (χ0n) is 32.0. The van der Waals surface area contributed by atoms with Crippen molar-refractivity contribution in [2.45, 2.75) is 25.2 Å². The standard InChI is InChI=1S/C55H39N3/c1-2-14-36(15-3-1)28-29-42-33-41-16-4-5-21-44(41)54-53(42)56-55-57(51-26-10-11-27-52(51)58(54)55)43-20-13-19-39(34-43)37-17-12-18-38(32-37)40-30-31-49-47-24-7-6-22-45(47)46-23-8-9-25-48(46)50(49)35-40/h1-27,30-32,34-35,42H,28-29,33H2. The van der Waals surface area contributed by atoms with Gasteiger partial charge in [0, 0.05) is 17.2 Å². The Hall–Kier alpha value is -7.23. The minimum Gasteiger partial charge on any atom is -0.278 e. The maximum atomic E-state index is 5.61. The third-order valence-electron chi connectivity index (χ3n) is 12.6. The van der Waals surface area contributed by atoms with Gasteiger partial charge in [-0.3, -0.25) is 8.97 Å². The summed E-state index contributed by atoms with van der Waals surface area (Å²) in [4.78, 5) is 5.61. The van der Waals surface area contributed by atoms with Crippen LogP contribution in [0.1, 0.15) is 29.2 Å². The first kappa shape index (κ1) is 33.0. The van der Waals surface area contributed by atoms with Crippen LogP contribution in [-0.2, 0) is 12.8 Å². The topological polar surface area (TPSA) is 22.2 Å². The zero-order chi connectivity index (χ0) is 38.2. The molecule has 11 aromatic rings. The predicted octanol–water partition coefficient (Wildman–Crippen LogP) is 14.0. The summed E-state index contributed by atoms with van der Waals surface area (Å²) < 4.78 is 4.80. The molecule has 58 heavy (non-hydrogen) atoms. The molecule has 1 aliphatic carbocycles. The van der Waals surface area contributed by atoms with Crippen molar-refractivity contribution in [2.24, 2.45) is 0 Å². The second-order valence-electron chi connectivity index (χ2n) is 15.9. The highest BCUT2D eigenvalue weighted by atomic mass is 15.2. The lowest BCUT2D eigenvalue weighted by Gasteiger charge is -2.24. The van der Waals surface area contributed by atoms with Gasteiger partial charge in [0.2, 0.25) is 5.78 Å². The molecule has 3 nitrogen and oxygen atoms in total. The molecule has 0 fully saturated rings. The fraction of sp³-hybridized carbons (Fsp3) is 0.0727. The van der Waals surface area contributed by atoms with Crippen LogP contribution in [0.4, 0.5) is 0 Å². The van der Waals surface area contributed by atoms with Gasteiger partial charge in [-0.2, -0.15) is 0 Å². The molecule has 12 rings (SSSR count). The molecule has 0 bridgehead atoms. The Labute approximate surface area is 337 Å². The highest BCUT2D eigenvalue weighted by Crippen LogP contribution is 2.44. The molecule has 2 aromatic heterocycles. The Bertz CT molecular complexity index is 3350. The second-order valence-corrected chi connectivity index (χ2v) is 15.9. The Morgan fingerprint density at radius 2 is 1.05 bits per heavy atom. The summed E-state index contributed by atoms with van der Waals surface area (Å²) in [5, 5.41) is 7.76. The number of aromatic nitrogens is 3. The molecule has 3 heteroatoms. The number of benzene rings is 9. The van der Waals surface area contributed by atoms with E-state index in [9.17, 15) is 0 Å². The van der Waals surface area contributed by atoms with Crippen molar-refractivity contribution in [3.63, 3.8) is 0 Å². The van der Waals surface area contributed by atoms with Gasteiger partial charge in [-0.05, 0) is 121 Å². The number of nitrogens with zero attached hydrogens (tertiary/aromatic N) is 3. The number of hydrogen-bond donors (Lipinski definition) is 0. The molecule has 0 saturated carbocycles. The molecule has 9 aromatic carbocycles. The molecule has 0 aliphatic heterocycles. The fourth-order valence-electron chi connectivity index (χ4n) is 9.86. The van der Waals surface area contributed by atoms with Gasteiger partial charge in [-0.1, -0.05) is 158 Å². The number of fused-ring (bicyclic) bond motifs is 13. The van der Waals surface area contributed by atoms with Crippen LogP contribution in [-0.4, -0.2) is 14.0 Å². The van der Waals surface area contributed by atoms with Crippen LogP contribution in [0.25, 0.3) is 88.3 Å². The minimum atomic E-state index is 0.332. The largest absolute Gasteiger partial charge is 0.278 e. The first-order valence-electron chi connectivity index (χ1n) is 20.5. The molecule has 1 atom stereocenters. The van der Waals surface area contributed by atoms with E-state index >= 15 is 0 Å². The van der Waals surface area contributed by atoms with E-state index in [1.165, 1.54) is 88.2 Å². The molecule has 0 radical (unpaired) electrons. The molecular weight excluding hydrogens is 703 g/mol. The van der Waals surface area contributed by atoms with Gasteiger partial charge in [0.05, 0.1) is 22.4 Å². The lowest BCUT2D eigenvalue weighted by molar-refractivity contribution is 0.602. The number of hydrogen-bond acceptors (Lipinski definition) is 1. The normalized spacial score (nSPS) is 13.8. The Morgan fingerprint density at radius 1 is 0.466 bits per heavy atom. The van der Waals surface area contributed by atoms with Gasteiger partial charge in [0.15, 0.2) is 0 Å². The van der Waals surface area contributed by atoms with E-state index in [-0.39, 0.29) is 0 Å². The number of imidazole rings is 2. The summed E-state index contributed by atoms with van der Waals surface area (Å²) in [6, 6.07) is 71.2. The average Bonchev–Trinajstić information content (AvgIpc) is 3.84. The molecule has 274 valence electrons. The van der Waals surface area contributed by atoms with E-state index in [0.29, 0.717) is 5.92 Å². The maximum absolute atomic E-state index is 5.61. The van der Waals surface area contributed by atoms with Crippen LogP contribution >= 0.6 is 0 Å². The van der Waals surface area contributed by atoms with E-state index in [4.69, 9.17) is 4.98 Å². The van der Waals surface area contributed by atoms with Gasteiger partial charge in [-0.15, -0.1) is 0 Å². The van der Waals surface area contributed by atoms with Crippen LogP contribution < -0.4 is 0 Å². The summed E-state index contributed by atoms with van der Waals surface area (Å²) in [5.41, 5.74) is 14.8. The Balaban J connectivity index is 0.979. The first-order valence-corrected chi connectivity index (χ1v) is 20.5. The van der Waals surface area contributed by atoms with Crippen LogP contribution in [0, 0.1) is 0 Å². The first-order chi connectivity index (χ1) is 28.8. The van der Waals surface area contributed by atoms with Gasteiger partial charge in [0.1, 0.15) is 0 Å². The highest BCUT2D eigenvalue weighted by molar-refractivity contribution is 6.25. The van der Waals surface area contributed by atoms with Crippen molar-refractivity contribution >= 4 is 49.1 Å². The lowest BCUT2D eigenvalue weighted by atomic mass is 9.81. The molecule has 1 unspecified atom stereocenters. The van der Waals surface area contributed by atoms with Crippen LogP contribution in [0.5, 0.6) is 0 Å². The summed E-state index contributed by atoms with van der Waals surface area (Å²) in [7, 11) is 0. The lowest BCUT2D eigenvalue weighted by Crippen LogP contribution is -2.13. The SMILES string of the molecule is c1ccc(CCC2Cc3ccccc3-c3c2nc2n(-c4cccc(-c5cccc(-c6ccc7c8ccccc8c8ccccc8c7c6)c5)c4)c4ccccc4n32)cc1. The van der Waals surface area contributed by atoms with Crippen molar-refractivity contribution in [2.75, 3.05) is 0 Å². The number of rotatable bonds is 6. The molecule has 2 heterocycles. The van der Waals surface area contributed by atoms with E-state index in [1.54, 1.807) is 0 Å². The number of aryl methyl sites for hydroxylation is 1.